The zero-order valence-corrected chi connectivity index (χ0v) is 12.6. The quantitative estimate of drug-likeness (QED) is 0.801. The van der Waals surface area contributed by atoms with E-state index in [1.165, 1.54) is 32.1 Å². The molecule has 2 heterocycles. The molecular formula is C14H26ClN3O. The number of fused-ring (bicyclic) bond motifs is 1. The van der Waals surface area contributed by atoms with Crippen molar-refractivity contribution < 1.29 is 4.79 Å². The van der Waals surface area contributed by atoms with E-state index in [4.69, 9.17) is 0 Å². The Morgan fingerprint density at radius 3 is 2.89 bits per heavy atom. The lowest BCUT2D eigenvalue weighted by molar-refractivity contribution is -0.129. The molecule has 1 aliphatic carbocycles. The second-order valence-corrected chi connectivity index (χ2v) is 6.67. The smallest absolute Gasteiger partial charge is 0.234 e. The van der Waals surface area contributed by atoms with Crippen LogP contribution in [0.4, 0.5) is 0 Å². The second kappa shape index (κ2) is 5.98. The highest BCUT2D eigenvalue weighted by Crippen LogP contribution is 2.31. The zero-order valence-electron chi connectivity index (χ0n) is 11.8. The maximum atomic E-state index is 11.8. The van der Waals surface area contributed by atoms with Crippen molar-refractivity contribution in [2.24, 2.45) is 5.41 Å². The van der Waals surface area contributed by atoms with E-state index in [9.17, 15) is 4.79 Å². The molecule has 0 radical (unpaired) electrons. The molecule has 2 N–H and O–H groups in total. The van der Waals surface area contributed by atoms with Gasteiger partial charge in [-0.1, -0.05) is 19.8 Å². The highest BCUT2D eigenvalue weighted by molar-refractivity contribution is 5.85. The lowest BCUT2D eigenvalue weighted by atomic mass is 9.83. The van der Waals surface area contributed by atoms with Gasteiger partial charge in [0.25, 0.3) is 0 Å². The number of hydrogen-bond acceptors (Lipinski definition) is 3. The van der Waals surface area contributed by atoms with E-state index in [0.717, 1.165) is 19.6 Å². The predicted octanol–water partition coefficient (Wildman–Crippen LogP) is 1.15. The van der Waals surface area contributed by atoms with Gasteiger partial charge in [0.05, 0.1) is 6.54 Å². The van der Waals surface area contributed by atoms with E-state index >= 15 is 0 Å². The second-order valence-electron chi connectivity index (χ2n) is 6.67. The van der Waals surface area contributed by atoms with E-state index < -0.39 is 0 Å². The number of nitrogens with one attached hydrogen (secondary N) is 2. The van der Waals surface area contributed by atoms with Crippen LogP contribution in [0, 0.1) is 5.41 Å². The number of carbonyl (C=O) groups is 1. The summed E-state index contributed by atoms with van der Waals surface area (Å²) in [5.41, 5.74) is 0.361. The number of piperazine rings is 1. The van der Waals surface area contributed by atoms with E-state index in [1.807, 2.05) is 0 Å². The average molecular weight is 288 g/mol. The molecule has 1 amide bonds. The van der Waals surface area contributed by atoms with Gasteiger partial charge in [0.2, 0.25) is 5.91 Å². The van der Waals surface area contributed by atoms with E-state index in [2.05, 4.69) is 22.5 Å². The monoisotopic (exact) mass is 287 g/mol. The highest BCUT2D eigenvalue weighted by atomic mass is 35.5. The van der Waals surface area contributed by atoms with Crippen molar-refractivity contribution in [1.82, 2.24) is 15.5 Å². The summed E-state index contributed by atoms with van der Waals surface area (Å²) in [6.45, 7) is 6.27. The normalized spacial score (nSPS) is 39.3. The van der Waals surface area contributed by atoms with Gasteiger partial charge in [0.15, 0.2) is 0 Å². The molecule has 4 nitrogen and oxygen atoms in total. The SMILES string of the molecule is CC1(CN2CC(=O)NC3CCCCC32)CCNC1.Cl. The minimum Gasteiger partial charge on any atom is -0.351 e. The maximum Gasteiger partial charge on any atom is 0.234 e. The number of amides is 1. The summed E-state index contributed by atoms with van der Waals surface area (Å²) < 4.78 is 0. The Morgan fingerprint density at radius 2 is 2.16 bits per heavy atom. The van der Waals surface area contributed by atoms with Crippen LogP contribution in [0.3, 0.4) is 0 Å². The third kappa shape index (κ3) is 3.23. The summed E-state index contributed by atoms with van der Waals surface area (Å²) in [4.78, 5) is 14.3. The van der Waals surface area contributed by atoms with E-state index in [-0.39, 0.29) is 18.3 Å². The Bertz CT molecular complexity index is 331. The van der Waals surface area contributed by atoms with Gasteiger partial charge in [-0.2, -0.15) is 0 Å². The lowest BCUT2D eigenvalue weighted by Crippen LogP contribution is -2.63. The summed E-state index contributed by atoms with van der Waals surface area (Å²) in [7, 11) is 0. The molecule has 3 aliphatic rings. The third-order valence-corrected chi connectivity index (χ3v) is 4.93. The van der Waals surface area contributed by atoms with Crippen molar-refractivity contribution in [2.45, 2.75) is 51.1 Å². The van der Waals surface area contributed by atoms with E-state index in [1.54, 1.807) is 0 Å². The summed E-state index contributed by atoms with van der Waals surface area (Å²) in [6, 6.07) is 1.01. The summed E-state index contributed by atoms with van der Waals surface area (Å²) in [5, 5.41) is 6.65. The van der Waals surface area contributed by atoms with Crippen molar-refractivity contribution in [3.8, 4) is 0 Å². The minimum absolute atomic E-state index is 0. The van der Waals surface area contributed by atoms with Gasteiger partial charge in [-0.3, -0.25) is 9.69 Å². The predicted molar refractivity (Wildman–Crippen MR) is 78.6 cm³/mol. The number of nitrogens with zero attached hydrogens (tertiary/aromatic N) is 1. The molecule has 3 rings (SSSR count). The number of carbonyl (C=O) groups excluding carboxylic acids is 1. The molecule has 2 aliphatic heterocycles. The molecule has 3 atom stereocenters. The fourth-order valence-electron chi connectivity index (χ4n) is 3.94. The van der Waals surface area contributed by atoms with Crippen LogP contribution in [0.15, 0.2) is 0 Å². The van der Waals surface area contributed by atoms with Gasteiger partial charge in [0.1, 0.15) is 0 Å². The van der Waals surface area contributed by atoms with Crippen LogP contribution in [0.5, 0.6) is 0 Å². The molecule has 19 heavy (non-hydrogen) atoms. The van der Waals surface area contributed by atoms with Gasteiger partial charge in [-0.05, 0) is 31.2 Å². The van der Waals surface area contributed by atoms with Crippen LogP contribution in [-0.2, 0) is 4.79 Å². The van der Waals surface area contributed by atoms with Crippen LogP contribution in [0.1, 0.15) is 39.0 Å². The van der Waals surface area contributed by atoms with Crippen LogP contribution >= 0.6 is 12.4 Å². The number of rotatable bonds is 2. The molecule has 3 fully saturated rings. The Labute approximate surface area is 122 Å². The fraction of sp³-hybridized carbons (Fsp3) is 0.929. The minimum atomic E-state index is 0. The summed E-state index contributed by atoms with van der Waals surface area (Å²) in [6.07, 6.45) is 6.26. The first-order chi connectivity index (χ1) is 8.66. The van der Waals surface area contributed by atoms with Crippen molar-refractivity contribution in [1.29, 1.82) is 0 Å². The van der Waals surface area contributed by atoms with Crippen LogP contribution < -0.4 is 10.6 Å². The topological polar surface area (TPSA) is 44.4 Å². The maximum absolute atomic E-state index is 11.8. The summed E-state index contributed by atoms with van der Waals surface area (Å²) in [5.74, 6) is 0.229. The lowest BCUT2D eigenvalue weighted by Gasteiger charge is -2.46. The fourth-order valence-corrected chi connectivity index (χ4v) is 3.94. The average Bonchev–Trinajstić information content (AvgIpc) is 2.75. The molecule has 0 aromatic heterocycles. The Kier molecular flexibility index (Phi) is 4.75. The van der Waals surface area contributed by atoms with Gasteiger partial charge in [0, 0.05) is 25.2 Å². The molecule has 0 bridgehead atoms. The largest absolute Gasteiger partial charge is 0.351 e. The highest BCUT2D eigenvalue weighted by Gasteiger charge is 2.40. The van der Waals surface area contributed by atoms with Crippen LogP contribution in [0.2, 0.25) is 0 Å². The molecule has 3 unspecified atom stereocenters. The number of hydrogen-bond donors (Lipinski definition) is 2. The van der Waals surface area contributed by atoms with E-state index in [0.29, 0.717) is 24.0 Å². The van der Waals surface area contributed by atoms with Crippen molar-refractivity contribution in [3.63, 3.8) is 0 Å². The summed E-state index contributed by atoms with van der Waals surface area (Å²) >= 11 is 0. The Morgan fingerprint density at radius 1 is 1.37 bits per heavy atom. The standard InChI is InChI=1S/C14H25N3O.ClH/c1-14(6-7-15-9-14)10-17-8-13(18)16-11-4-2-3-5-12(11)17;/h11-12,15H,2-10H2,1H3,(H,16,18);1H. The van der Waals surface area contributed by atoms with Crippen LogP contribution in [-0.4, -0.2) is 49.1 Å². The molecular weight excluding hydrogens is 262 g/mol. The van der Waals surface area contributed by atoms with Crippen LogP contribution in [0.25, 0.3) is 0 Å². The van der Waals surface area contributed by atoms with Crippen molar-refractivity contribution in [3.05, 3.63) is 0 Å². The van der Waals surface area contributed by atoms with Gasteiger partial charge in [-0.15, -0.1) is 12.4 Å². The molecule has 1 saturated carbocycles. The molecule has 2 saturated heterocycles. The zero-order chi connectivity index (χ0) is 12.6. The van der Waals surface area contributed by atoms with Gasteiger partial charge >= 0.3 is 0 Å². The van der Waals surface area contributed by atoms with Gasteiger partial charge in [-0.25, -0.2) is 0 Å². The van der Waals surface area contributed by atoms with Crippen molar-refractivity contribution in [2.75, 3.05) is 26.2 Å². The Balaban J connectivity index is 0.00000133. The van der Waals surface area contributed by atoms with Gasteiger partial charge < -0.3 is 10.6 Å². The molecule has 0 aromatic carbocycles. The Hall–Kier alpha value is -0.320. The third-order valence-electron chi connectivity index (χ3n) is 4.93. The first-order valence-corrected chi connectivity index (χ1v) is 7.40. The first-order valence-electron chi connectivity index (χ1n) is 7.40. The van der Waals surface area contributed by atoms with Crippen molar-refractivity contribution >= 4 is 18.3 Å². The molecule has 5 heteroatoms. The molecule has 0 aromatic rings. The number of halogens is 1. The first kappa shape index (κ1) is 15.1. The molecule has 110 valence electrons. The molecule has 0 spiro atoms.